The van der Waals surface area contributed by atoms with Gasteiger partial charge in [-0.3, -0.25) is 67.9 Å². The van der Waals surface area contributed by atoms with Crippen LogP contribution in [0.5, 0.6) is 0 Å². The van der Waals surface area contributed by atoms with Gasteiger partial charge in [-0.25, -0.2) is 0 Å². The summed E-state index contributed by atoms with van der Waals surface area (Å²) >= 11 is 0. The van der Waals surface area contributed by atoms with Crippen molar-refractivity contribution >= 4 is 133 Å². The highest BCUT2D eigenvalue weighted by atomic mass is 16.2. The molecule has 0 spiro atoms. The number of carbonyl (C=O) groups excluding carboxylic acids is 8. The van der Waals surface area contributed by atoms with Crippen LogP contribution in [0.1, 0.15) is 194 Å². The Bertz CT molecular complexity index is 5260. The van der Waals surface area contributed by atoms with Gasteiger partial charge in [0.2, 0.25) is 0 Å². The number of benzene rings is 10. The maximum atomic E-state index is 15.4. The zero-order valence-corrected chi connectivity index (χ0v) is 59.4. The van der Waals surface area contributed by atoms with Crippen molar-refractivity contribution in [2.75, 3.05) is 0 Å². The van der Waals surface area contributed by atoms with E-state index in [1.807, 2.05) is 220 Å². The van der Waals surface area contributed by atoms with E-state index in [4.69, 9.17) is 9.97 Å². The average Bonchev–Trinajstić information content (AvgIpc) is 0.687. The molecule has 0 saturated heterocycles. The van der Waals surface area contributed by atoms with Crippen molar-refractivity contribution in [1.82, 2.24) is 29.6 Å². The van der Waals surface area contributed by atoms with Crippen molar-refractivity contribution in [1.29, 1.82) is 0 Å². The molecule has 0 radical (unpaired) electrons. The predicted octanol–water partition coefficient (Wildman–Crippen LogP) is 18.7. The van der Waals surface area contributed by atoms with E-state index in [0.717, 1.165) is 64.6 Å². The van der Waals surface area contributed by atoms with Gasteiger partial charge in [0, 0.05) is 114 Å². The zero-order valence-electron chi connectivity index (χ0n) is 59.4. The van der Waals surface area contributed by atoms with Gasteiger partial charge in [-0.15, -0.1) is 0 Å². The smallest absolute Gasteiger partial charge is 0.261 e. The third-order valence-electron chi connectivity index (χ3n) is 22.7. The Hall–Kier alpha value is -10.3. The van der Waals surface area contributed by atoms with E-state index < -0.39 is 12.1 Å². The van der Waals surface area contributed by atoms with Crippen molar-refractivity contribution in [2.24, 2.45) is 47.3 Å². The van der Waals surface area contributed by atoms with Crippen molar-refractivity contribution in [2.45, 2.75) is 135 Å². The van der Waals surface area contributed by atoms with Gasteiger partial charge in [0.1, 0.15) is 0 Å². The lowest BCUT2D eigenvalue weighted by atomic mass is 9.78. The molecule has 14 nitrogen and oxygen atoms in total. The van der Waals surface area contributed by atoms with Crippen LogP contribution in [0.25, 0.3) is 120 Å². The van der Waals surface area contributed by atoms with Crippen LogP contribution in [-0.4, -0.2) is 101 Å². The molecule has 0 atom stereocenters. The van der Waals surface area contributed by atoms with Gasteiger partial charge >= 0.3 is 0 Å². The summed E-state index contributed by atoms with van der Waals surface area (Å²) in [5.74, 6) is -2.94. The molecule has 0 aliphatic carbocycles. The second-order valence-electron chi connectivity index (χ2n) is 31.4. The first-order valence-electron chi connectivity index (χ1n) is 35.6. The summed E-state index contributed by atoms with van der Waals surface area (Å²) in [5, 5.41) is 11.4. The number of aromatic nitrogens is 2. The molecule has 2 aromatic heterocycles. The Morgan fingerprint density at radius 2 is 0.440 bits per heavy atom. The Labute approximate surface area is 580 Å². The van der Waals surface area contributed by atoms with Crippen molar-refractivity contribution in [3.8, 4) is 33.6 Å². The number of pyridine rings is 2. The van der Waals surface area contributed by atoms with Crippen LogP contribution in [0, 0.1) is 47.3 Å². The van der Waals surface area contributed by atoms with Crippen LogP contribution in [0.15, 0.2) is 122 Å². The minimum absolute atomic E-state index is 0.00575. The maximum absolute atomic E-state index is 15.4. The number of carbonyl (C=O) groups is 8. The van der Waals surface area contributed by atoms with Crippen LogP contribution in [0.3, 0.4) is 0 Å². The molecule has 10 aromatic carbocycles. The summed E-state index contributed by atoms with van der Waals surface area (Å²) in [5.41, 5.74) is 7.21. The molecule has 8 amide bonds. The third-order valence-corrected chi connectivity index (χ3v) is 22.7. The van der Waals surface area contributed by atoms with Gasteiger partial charge in [0.05, 0.1) is 11.4 Å². The van der Waals surface area contributed by atoms with Crippen molar-refractivity contribution in [3.05, 3.63) is 166 Å². The number of amides is 8. The van der Waals surface area contributed by atoms with Gasteiger partial charge in [-0.1, -0.05) is 159 Å². The fourth-order valence-electron chi connectivity index (χ4n) is 19.2. The molecule has 4 aliphatic rings. The minimum atomic E-state index is -0.394. The van der Waals surface area contributed by atoms with Gasteiger partial charge in [0.25, 0.3) is 47.3 Å². The molecule has 0 bridgehead atoms. The molecule has 100 heavy (non-hydrogen) atoms. The maximum Gasteiger partial charge on any atom is 0.261 e. The molecule has 12 aromatic rings. The Morgan fingerprint density at radius 3 is 0.670 bits per heavy atom. The summed E-state index contributed by atoms with van der Waals surface area (Å²) in [6, 6.07) is 32.8. The molecule has 0 fully saturated rings. The highest BCUT2D eigenvalue weighted by Crippen LogP contribution is 2.53. The molecular formula is C86H80N6O8. The van der Waals surface area contributed by atoms with E-state index in [1.165, 1.54) is 19.6 Å². The number of imide groups is 4. The predicted molar refractivity (Wildman–Crippen MR) is 397 cm³/mol. The highest BCUT2D eigenvalue weighted by molar-refractivity contribution is 6.45. The van der Waals surface area contributed by atoms with Crippen LogP contribution < -0.4 is 0 Å². The zero-order chi connectivity index (χ0) is 70.7. The first-order chi connectivity index (χ1) is 47.7. The normalized spacial score (nSPS) is 15.4. The lowest BCUT2D eigenvalue weighted by Gasteiger charge is -2.39. The van der Waals surface area contributed by atoms with Gasteiger partial charge in [-0.2, -0.15) is 0 Å². The topological polar surface area (TPSA) is 175 Å². The summed E-state index contributed by atoms with van der Waals surface area (Å²) < 4.78 is 0. The number of hydrogen-bond donors (Lipinski definition) is 0. The molecule has 0 unspecified atom stereocenters. The highest BCUT2D eigenvalue weighted by Gasteiger charge is 2.47. The largest absolute Gasteiger partial charge is 0.271 e. The lowest BCUT2D eigenvalue weighted by Crippen LogP contribution is -2.51. The lowest BCUT2D eigenvalue weighted by molar-refractivity contribution is 0.0423. The van der Waals surface area contributed by atoms with Crippen LogP contribution in [0.2, 0.25) is 0 Å². The monoisotopic (exact) mass is 1320 g/mol. The first-order valence-corrected chi connectivity index (χ1v) is 35.6. The first kappa shape index (κ1) is 64.3. The molecule has 6 heterocycles. The molecule has 16 rings (SSSR count). The molecule has 0 N–H and O–H groups in total. The molecule has 502 valence electrons. The number of nitrogens with zero attached hydrogens (tertiary/aromatic N) is 6. The van der Waals surface area contributed by atoms with E-state index in [0.29, 0.717) is 99.7 Å². The second-order valence-corrected chi connectivity index (χ2v) is 31.4. The van der Waals surface area contributed by atoms with Gasteiger partial charge in [0.15, 0.2) is 0 Å². The summed E-state index contributed by atoms with van der Waals surface area (Å²) in [7, 11) is 0. The fourth-order valence-corrected chi connectivity index (χ4v) is 19.2. The Kier molecular flexibility index (Phi) is 14.5. The second kappa shape index (κ2) is 22.6. The summed E-state index contributed by atoms with van der Waals surface area (Å²) in [6.45, 7) is 32.6. The Morgan fingerprint density at radius 1 is 0.220 bits per heavy atom. The van der Waals surface area contributed by atoms with E-state index >= 15 is 19.2 Å². The SMILES string of the molecule is CC(C)C(C(C)C)N1C(=O)c2ccc3c4ccc5c6c(cc(-c7ccc(-c8ccc(-c9cc%10c%11c(ccc%12c%13ccc%14c%15c(ccc(c9c%11%12)c%15%13)C(=O)N(C(C(C)C)C(C)C)C%14=O)C(=O)N(C(C(C)C)C(C)C)C%10=O)cn8)nc7)c(c7ccc(c2c37)C1=O)c64)C(=O)N(C(C(C)C)C(C)C)C5=O. The summed E-state index contributed by atoms with van der Waals surface area (Å²) in [4.78, 5) is 137. The summed E-state index contributed by atoms with van der Waals surface area (Å²) in [6.07, 6.45) is 3.55. The van der Waals surface area contributed by atoms with Crippen LogP contribution >= 0.6 is 0 Å². The molecule has 0 saturated carbocycles. The molecule has 4 aliphatic heterocycles. The Balaban J connectivity index is 0.878. The van der Waals surface area contributed by atoms with Crippen molar-refractivity contribution < 1.29 is 38.4 Å². The number of fused-ring (bicyclic) bond motifs is 4. The van der Waals surface area contributed by atoms with Crippen molar-refractivity contribution in [3.63, 3.8) is 0 Å². The quantitative estimate of drug-likeness (QED) is 0.0545. The van der Waals surface area contributed by atoms with Gasteiger partial charge in [-0.05, 0) is 184 Å². The van der Waals surface area contributed by atoms with E-state index in [9.17, 15) is 19.2 Å². The van der Waals surface area contributed by atoms with E-state index in [1.54, 1.807) is 12.4 Å². The standard InChI is InChI=1S/C86H80N6O8/c1-37(2)75(38(3)4)89-79(93)53-25-19-47-49-21-27-57-71-61(85(99)91(83(57)97)77(41(9)10)42(11)12)33-59(67(73(49)71)51-23-29-55(81(89)95)69(53)65(47)51)45-17-31-63(87-35-45)64-32-18-46(36-88-64)60-34-62-72-58(84(98)92(86(62)100)78(43(13)14)44(15)16)28-22-50-48-20-26-54-70-56(30-24-52(66(48)70)68(60)74(50)72)82(96)90(80(54)94)76(39(5)6)40(7)8/h17-44,75-78H,1-16H3. The molecule has 14 heteroatoms. The number of hydrogen-bond acceptors (Lipinski definition) is 10. The van der Waals surface area contributed by atoms with Crippen LogP contribution in [-0.2, 0) is 0 Å². The third kappa shape index (κ3) is 8.66. The van der Waals surface area contributed by atoms with Crippen LogP contribution in [0.4, 0.5) is 0 Å². The molecular weight excluding hydrogens is 1240 g/mol. The fraction of sp³-hybridized carbons (Fsp3) is 0.326. The van der Waals surface area contributed by atoms with E-state index in [-0.39, 0.29) is 107 Å². The average molecular weight is 1330 g/mol. The number of rotatable bonds is 15. The van der Waals surface area contributed by atoms with Gasteiger partial charge < -0.3 is 0 Å². The van der Waals surface area contributed by atoms with E-state index in [2.05, 4.69) is 0 Å². The minimum Gasteiger partial charge on any atom is -0.271 e.